The molecule has 1 heterocycles. The van der Waals surface area contributed by atoms with Crippen LogP contribution in [0.4, 0.5) is 5.69 Å². The molecule has 1 N–H and O–H groups in total. The van der Waals surface area contributed by atoms with Crippen LogP contribution < -0.4 is 5.32 Å². The lowest BCUT2D eigenvalue weighted by Gasteiger charge is -2.19. The summed E-state index contributed by atoms with van der Waals surface area (Å²) in [5, 5.41) is 2.93. The van der Waals surface area contributed by atoms with Crippen molar-refractivity contribution in [2.24, 2.45) is 5.41 Å². The molecule has 0 aliphatic carbocycles. The largest absolute Gasteiger partial charge is 0.324 e. The summed E-state index contributed by atoms with van der Waals surface area (Å²) in [6, 6.07) is 3.73. The van der Waals surface area contributed by atoms with Crippen LogP contribution in [0.2, 0.25) is 0 Å². The Balaban J connectivity index is 2.94. The van der Waals surface area contributed by atoms with E-state index in [2.05, 4.69) is 24.1 Å². The summed E-state index contributed by atoms with van der Waals surface area (Å²) < 4.78 is 0. The van der Waals surface area contributed by atoms with E-state index in [1.54, 1.807) is 6.20 Å². The number of nitrogens with zero attached hydrogens (tertiary/aromatic N) is 1. The number of carbonyl (C=O) groups excluding carboxylic acids is 1. The van der Waals surface area contributed by atoms with Crippen LogP contribution >= 0.6 is 0 Å². The number of nitrogens with one attached hydrogen (secondary N) is 1. The van der Waals surface area contributed by atoms with Gasteiger partial charge < -0.3 is 5.32 Å². The zero-order valence-corrected chi connectivity index (χ0v) is 10.7. The summed E-state index contributed by atoms with van der Waals surface area (Å²) in [5.41, 5.74) is 1.36. The SMILES string of the molecule is CC(C)c1ncccc1NC(=O)C(C)(C)C. The molecule has 0 bridgehead atoms. The molecule has 1 rings (SSSR count). The summed E-state index contributed by atoms with van der Waals surface area (Å²) >= 11 is 0. The van der Waals surface area contributed by atoms with Crippen LogP contribution in [0, 0.1) is 5.41 Å². The summed E-state index contributed by atoms with van der Waals surface area (Å²) in [6.45, 7) is 9.82. The highest BCUT2D eigenvalue weighted by Gasteiger charge is 2.22. The highest BCUT2D eigenvalue weighted by molar-refractivity contribution is 5.95. The average Bonchev–Trinajstić information content (AvgIpc) is 2.16. The Morgan fingerprint density at radius 1 is 1.38 bits per heavy atom. The first-order chi connectivity index (χ1) is 7.32. The molecule has 16 heavy (non-hydrogen) atoms. The van der Waals surface area contributed by atoms with Crippen molar-refractivity contribution >= 4 is 11.6 Å². The lowest BCUT2D eigenvalue weighted by atomic mass is 9.95. The van der Waals surface area contributed by atoms with E-state index in [9.17, 15) is 4.79 Å². The standard InChI is InChI=1S/C13H20N2O/c1-9(2)11-10(7-6-8-14-11)15-12(16)13(3,4)5/h6-9H,1-5H3,(H,15,16). The number of hydrogen-bond donors (Lipinski definition) is 1. The predicted octanol–water partition coefficient (Wildman–Crippen LogP) is 3.19. The fourth-order valence-electron chi connectivity index (χ4n) is 1.29. The van der Waals surface area contributed by atoms with Gasteiger partial charge >= 0.3 is 0 Å². The molecule has 0 aromatic carbocycles. The second-order valence-electron chi connectivity index (χ2n) is 5.30. The first kappa shape index (κ1) is 12.7. The normalized spacial score (nSPS) is 11.6. The fraction of sp³-hybridized carbons (Fsp3) is 0.538. The molecule has 0 spiro atoms. The Labute approximate surface area is 97.3 Å². The molecule has 3 nitrogen and oxygen atoms in total. The molecule has 1 aromatic rings. The number of amides is 1. The molecule has 0 saturated carbocycles. The van der Waals surface area contributed by atoms with Crippen molar-refractivity contribution in [1.29, 1.82) is 0 Å². The lowest BCUT2D eigenvalue weighted by molar-refractivity contribution is -0.123. The van der Waals surface area contributed by atoms with Gasteiger partial charge in [0.1, 0.15) is 0 Å². The second kappa shape index (κ2) is 4.64. The molecule has 1 aromatic heterocycles. The Morgan fingerprint density at radius 2 is 2.00 bits per heavy atom. The van der Waals surface area contributed by atoms with Crippen LogP contribution in [-0.4, -0.2) is 10.9 Å². The van der Waals surface area contributed by atoms with Gasteiger partial charge in [0.2, 0.25) is 5.91 Å². The van der Waals surface area contributed by atoms with Crippen molar-refractivity contribution in [1.82, 2.24) is 4.98 Å². The molecule has 0 saturated heterocycles. The minimum atomic E-state index is -0.385. The van der Waals surface area contributed by atoms with E-state index < -0.39 is 0 Å². The predicted molar refractivity (Wildman–Crippen MR) is 66.4 cm³/mol. The Kier molecular flexibility index (Phi) is 3.68. The molecular formula is C13H20N2O. The number of anilines is 1. The summed E-state index contributed by atoms with van der Waals surface area (Å²) in [7, 11) is 0. The number of aromatic nitrogens is 1. The van der Waals surface area contributed by atoms with Gasteiger partial charge in [-0.3, -0.25) is 9.78 Å². The van der Waals surface area contributed by atoms with E-state index in [0.29, 0.717) is 5.92 Å². The molecule has 3 heteroatoms. The van der Waals surface area contributed by atoms with Crippen molar-refractivity contribution < 1.29 is 4.79 Å². The molecule has 0 fully saturated rings. The highest BCUT2D eigenvalue weighted by atomic mass is 16.2. The first-order valence-electron chi connectivity index (χ1n) is 5.58. The monoisotopic (exact) mass is 220 g/mol. The van der Waals surface area contributed by atoms with Gasteiger partial charge in [-0.1, -0.05) is 34.6 Å². The van der Waals surface area contributed by atoms with Crippen LogP contribution in [0.25, 0.3) is 0 Å². The maximum Gasteiger partial charge on any atom is 0.229 e. The van der Waals surface area contributed by atoms with Gasteiger partial charge in [0.05, 0.1) is 11.4 Å². The average molecular weight is 220 g/mol. The van der Waals surface area contributed by atoms with E-state index >= 15 is 0 Å². The minimum absolute atomic E-state index is 0.0161. The molecule has 0 unspecified atom stereocenters. The van der Waals surface area contributed by atoms with Gasteiger partial charge in [-0.15, -0.1) is 0 Å². The smallest absolute Gasteiger partial charge is 0.229 e. The number of hydrogen-bond acceptors (Lipinski definition) is 2. The summed E-state index contributed by atoms with van der Waals surface area (Å²) in [5.74, 6) is 0.318. The number of carbonyl (C=O) groups is 1. The van der Waals surface area contributed by atoms with Crippen LogP contribution in [0.15, 0.2) is 18.3 Å². The van der Waals surface area contributed by atoms with Crippen molar-refractivity contribution in [2.45, 2.75) is 40.5 Å². The third-order valence-corrected chi connectivity index (χ3v) is 2.31. The fourth-order valence-corrected chi connectivity index (χ4v) is 1.29. The Hall–Kier alpha value is -1.38. The third kappa shape index (κ3) is 3.05. The van der Waals surface area contributed by atoms with Crippen LogP contribution in [0.1, 0.15) is 46.2 Å². The number of pyridine rings is 1. The van der Waals surface area contributed by atoms with Gasteiger partial charge in [0, 0.05) is 11.6 Å². The van der Waals surface area contributed by atoms with Crippen molar-refractivity contribution in [3.05, 3.63) is 24.0 Å². The van der Waals surface area contributed by atoms with E-state index in [4.69, 9.17) is 0 Å². The Bertz CT molecular complexity index is 378. The van der Waals surface area contributed by atoms with Crippen LogP contribution in [-0.2, 0) is 4.79 Å². The number of rotatable bonds is 2. The highest BCUT2D eigenvalue weighted by Crippen LogP contribution is 2.23. The van der Waals surface area contributed by atoms with Crippen molar-refractivity contribution in [2.75, 3.05) is 5.32 Å². The maximum atomic E-state index is 11.9. The lowest BCUT2D eigenvalue weighted by Crippen LogP contribution is -2.28. The van der Waals surface area contributed by atoms with Gasteiger partial charge in [-0.25, -0.2) is 0 Å². The third-order valence-electron chi connectivity index (χ3n) is 2.31. The quantitative estimate of drug-likeness (QED) is 0.831. The zero-order chi connectivity index (χ0) is 12.3. The summed E-state index contributed by atoms with van der Waals surface area (Å²) in [4.78, 5) is 16.2. The first-order valence-corrected chi connectivity index (χ1v) is 5.58. The van der Waals surface area contributed by atoms with Crippen LogP contribution in [0.3, 0.4) is 0 Å². The topological polar surface area (TPSA) is 42.0 Å². The molecule has 1 amide bonds. The molecule has 88 valence electrons. The second-order valence-corrected chi connectivity index (χ2v) is 5.30. The van der Waals surface area contributed by atoms with Crippen molar-refractivity contribution in [3.8, 4) is 0 Å². The van der Waals surface area contributed by atoms with E-state index in [-0.39, 0.29) is 11.3 Å². The molecular weight excluding hydrogens is 200 g/mol. The summed E-state index contributed by atoms with van der Waals surface area (Å²) in [6.07, 6.45) is 1.75. The molecule has 0 aliphatic rings. The molecule has 0 atom stereocenters. The van der Waals surface area contributed by atoms with Gasteiger partial charge in [0.25, 0.3) is 0 Å². The minimum Gasteiger partial charge on any atom is -0.324 e. The van der Waals surface area contributed by atoms with Gasteiger partial charge in [0.15, 0.2) is 0 Å². The maximum absolute atomic E-state index is 11.9. The van der Waals surface area contributed by atoms with E-state index in [0.717, 1.165) is 11.4 Å². The van der Waals surface area contributed by atoms with Crippen molar-refractivity contribution in [3.63, 3.8) is 0 Å². The van der Waals surface area contributed by atoms with Gasteiger partial charge in [-0.05, 0) is 18.1 Å². The Morgan fingerprint density at radius 3 is 2.50 bits per heavy atom. The molecule has 0 aliphatic heterocycles. The van der Waals surface area contributed by atoms with Gasteiger partial charge in [-0.2, -0.15) is 0 Å². The van der Waals surface area contributed by atoms with E-state index in [1.807, 2.05) is 32.9 Å². The van der Waals surface area contributed by atoms with Crippen LogP contribution in [0.5, 0.6) is 0 Å². The zero-order valence-electron chi connectivity index (χ0n) is 10.7. The molecule has 0 radical (unpaired) electrons. The van der Waals surface area contributed by atoms with E-state index in [1.165, 1.54) is 0 Å².